The Morgan fingerprint density at radius 2 is 1.82 bits per heavy atom. The minimum atomic E-state index is -0.636. The van der Waals surface area contributed by atoms with Crippen molar-refractivity contribution in [2.75, 3.05) is 18.6 Å². The summed E-state index contributed by atoms with van der Waals surface area (Å²) in [6.45, 7) is 4.95. The van der Waals surface area contributed by atoms with Gasteiger partial charge in [0.1, 0.15) is 0 Å². The van der Waals surface area contributed by atoms with Gasteiger partial charge in [-0.05, 0) is 73.1 Å². The zero-order valence-electron chi connectivity index (χ0n) is 19.6. The van der Waals surface area contributed by atoms with Crippen molar-refractivity contribution in [2.24, 2.45) is 5.92 Å². The molecule has 0 aliphatic heterocycles. The molecule has 0 heterocycles. The quantitative estimate of drug-likeness (QED) is 0.193. The average molecular weight is 485 g/mol. The van der Waals surface area contributed by atoms with Gasteiger partial charge in [0.15, 0.2) is 0 Å². The monoisotopic (exact) mass is 484 g/mol. The van der Waals surface area contributed by atoms with Gasteiger partial charge in [-0.1, -0.05) is 60.1 Å². The molecule has 4 N–H and O–H groups in total. The third-order valence-corrected chi connectivity index (χ3v) is 6.60. The Balaban J connectivity index is 1.30. The van der Waals surface area contributed by atoms with Crippen LogP contribution < -0.4 is 10.8 Å². The highest BCUT2D eigenvalue weighted by atomic mass is 35.5. The molecule has 1 fully saturated rings. The van der Waals surface area contributed by atoms with E-state index in [1.54, 1.807) is 12.1 Å². The Labute approximate surface area is 205 Å². The van der Waals surface area contributed by atoms with Crippen molar-refractivity contribution >= 4 is 28.1 Å². The van der Waals surface area contributed by atoms with Crippen LogP contribution in [0.3, 0.4) is 0 Å². The molecule has 0 spiro atoms. The van der Waals surface area contributed by atoms with E-state index in [2.05, 4.69) is 72.1 Å². The van der Waals surface area contributed by atoms with Gasteiger partial charge in [0.2, 0.25) is 0 Å². The van der Waals surface area contributed by atoms with E-state index < -0.39 is 6.10 Å². The van der Waals surface area contributed by atoms with E-state index in [1.165, 1.54) is 16.3 Å². The molecule has 3 aromatic carbocycles. The lowest BCUT2D eigenvalue weighted by Gasteiger charge is -2.29. The number of aliphatic hydroxyl groups is 1. The van der Waals surface area contributed by atoms with Crippen molar-refractivity contribution in [3.05, 3.63) is 76.8 Å². The highest BCUT2D eigenvalue weighted by molar-refractivity contribution is 6.33. The molecule has 2 unspecified atom stereocenters. The second-order valence-corrected chi connectivity index (χ2v) is 10.2. The maximum atomic E-state index is 10.6. The van der Waals surface area contributed by atoms with Gasteiger partial charge in [-0.25, -0.2) is 10.7 Å². The number of aliphatic hydroxyl groups excluding tert-OH is 1. The second-order valence-electron chi connectivity index (χ2n) is 9.80. The first-order valence-electron chi connectivity index (χ1n) is 11.7. The summed E-state index contributed by atoms with van der Waals surface area (Å²) in [6.07, 6.45) is 2.24. The zero-order chi connectivity index (χ0) is 24.1. The number of hydrogen-bond acceptors (Lipinski definition) is 6. The molecule has 0 aromatic heterocycles. The highest BCUT2D eigenvalue weighted by Gasteiger charge is 2.34. The Kier molecular flexibility index (Phi) is 8.09. The fourth-order valence-corrected chi connectivity index (χ4v) is 4.50. The molecule has 1 aliphatic rings. The average Bonchev–Trinajstić information content (AvgIpc) is 3.65. The lowest BCUT2D eigenvalue weighted by Crippen LogP contribution is -2.46. The number of rotatable bonds is 12. The number of nitrogens with one attached hydrogen (secondary N) is 2. The molecule has 0 saturated heterocycles. The predicted molar refractivity (Wildman–Crippen MR) is 136 cm³/mol. The minimum Gasteiger partial charge on any atom is -0.389 e. The third kappa shape index (κ3) is 6.69. The summed E-state index contributed by atoms with van der Waals surface area (Å²) < 4.78 is 6.15. The summed E-state index contributed by atoms with van der Waals surface area (Å²) in [5.41, 5.74) is 4.85. The molecule has 4 rings (SSSR count). The van der Waals surface area contributed by atoms with Gasteiger partial charge in [0, 0.05) is 12.1 Å². The Morgan fingerprint density at radius 3 is 2.56 bits per heavy atom. The molecule has 7 heteroatoms. The van der Waals surface area contributed by atoms with Gasteiger partial charge < -0.3 is 15.2 Å². The van der Waals surface area contributed by atoms with E-state index in [9.17, 15) is 5.11 Å². The largest absolute Gasteiger partial charge is 0.389 e. The first kappa shape index (κ1) is 24.9. The van der Waals surface area contributed by atoms with Crippen molar-refractivity contribution in [1.29, 1.82) is 0 Å². The van der Waals surface area contributed by atoms with E-state index >= 15 is 0 Å². The van der Waals surface area contributed by atoms with Crippen molar-refractivity contribution in [2.45, 2.75) is 50.9 Å². The topological polar surface area (TPSA) is 83.0 Å². The lowest BCUT2D eigenvalue weighted by molar-refractivity contribution is -0.215. The summed E-state index contributed by atoms with van der Waals surface area (Å²) >= 11 is 6.13. The number of β-amino-alcohol motifs (C(OH)–C–C–N with tert-alkyl or cyclic N) is 1. The molecule has 6 nitrogen and oxygen atoms in total. The van der Waals surface area contributed by atoms with Gasteiger partial charge in [-0.2, -0.15) is 0 Å². The number of hydrogen-bond donors (Lipinski definition) is 4. The standard InChI is InChI=1S/C27H33ClN2O4/c1-27(2,15-18-7-8-19-5-3-4-6-21(19)13-18)29-16-23(31)17-33-26(20-9-10-20)22-11-12-24(28)25(14-22)30-34-32/h3-8,11-14,20,23,26,29-32H,9-10,15-17H2,1-2H3. The zero-order valence-corrected chi connectivity index (χ0v) is 20.4. The number of anilines is 1. The third-order valence-electron chi connectivity index (χ3n) is 6.27. The Morgan fingerprint density at radius 1 is 1.06 bits per heavy atom. The number of halogens is 1. The maximum absolute atomic E-state index is 10.6. The smallest absolute Gasteiger partial charge is 0.0898 e. The molecule has 182 valence electrons. The summed E-state index contributed by atoms with van der Waals surface area (Å²) in [5.74, 6) is 0.411. The molecular weight excluding hydrogens is 452 g/mol. The van der Waals surface area contributed by atoms with Crippen molar-refractivity contribution in [1.82, 2.24) is 5.32 Å². The van der Waals surface area contributed by atoms with Gasteiger partial charge in [0.05, 0.1) is 29.5 Å². The number of ether oxygens (including phenoxy) is 1. The van der Waals surface area contributed by atoms with Gasteiger partial charge in [-0.3, -0.25) is 0 Å². The molecule has 0 bridgehead atoms. The van der Waals surface area contributed by atoms with E-state index in [0.717, 1.165) is 24.8 Å². The second kappa shape index (κ2) is 11.0. The predicted octanol–water partition coefficient (Wildman–Crippen LogP) is 5.75. The van der Waals surface area contributed by atoms with E-state index in [1.807, 2.05) is 6.07 Å². The number of fused-ring (bicyclic) bond motifs is 1. The molecule has 1 aliphatic carbocycles. The van der Waals surface area contributed by atoms with Crippen LogP contribution in [-0.4, -0.2) is 35.2 Å². The van der Waals surface area contributed by atoms with Crippen LogP contribution in [0.2, 0.25) is 5.02 Å². The molecule has 0 amide bonds. The molecule has 3 aromatic rings. The van der Waals surface area contributed by atoms with Crippen molar-refractivity contribution in [3.8, 4) is 0 Å². The van der Waals surface area contributed by atoms with Crippen LogP contribution in [0.1, 0.15) is 43.9 Å². The van der Waals surface area contributed by atoms with Crippen LogP contribution in [0.4, 0.5) is 5.69 Å². The molecule has 1 saturated carbocycles. The normalized spacial score (nSPS) is 15.9. The summed E-state index contributed by atoms with van der Waals surface area (Å²) in [5, 5.41) is 25.7. The van der Waals surface area contributed by atoms with Crippen LogP contribution >= 0.6 is 11.6 Å². The van der Waals surface area contributed by atoms with E-state index in [-0.39, 0.29) is 18.2 Å². The van der Waals surface area contributed by atoms with Crippen LogP contribution in [0.25, 0.3) is 10.8 Å². The number of benzene rings is 3. The van der Waals surface area contributed by atoms with Gasteiger partial charge in [0.25, 0.3) is 0 Å². The first-order valence-corrected chi connectivity index (χ1v) is 12.1. The molecule has 34 heavy (non-hydrogen) atoms. The van der Waals surface area contributed by atoms with Crippen LogP contribution in [0.15, 0.2) is 60.7 Å². The van der Waals surface area contributed by atoms with Gasteiger partial charge >= 0.3 is 0 Å². The summed E-state index contributed by atoms with van der Waals surface area (Å²) in [6, 6.07) is 20.4. The van der Waals surface area contributed by atoms with Crippen LogP contribution in [0.5, 0.6) is 0 Å². The Hall–Kier alpha value is -2.19. The SMILES string of the molecule is CC(C)(Cc1ccc2ccccc2c1)NCC(O)COC(c1ccc(Cl)c(NOO)c1)C1CC1. The lowest BCUT2D eigenvalue weighted by atomic mass is 9.93. The van der Waals surface area contributed by atoms with Crippen LogP contribution in [-0.2, 0) is 16.1 Å². The van der Waals surface area contributed by atoms with Crippen molar-refractivity contribution < 1.29 is 20.1 Å². The molecular formula is C27H33ClN2O4. The Bertz CT molecular complexity index is 1100. The first-order chi connectivity index (χ1) is 16.3. The molecule has 0 radical (unpaired) electrons. The summed E-state index contributed by atoms with van der Waals surface area (Å²) in [7, 11) is 0. The summed E-state index contributed by atoms with van der Waals surface area (Å²) in [4.78, 5) is 4.02. The highest BCUT2D eigenvalue weighted by Crippen LogP contribution is 2.44. The molecule has 2 atom stereocenters. The fourth-order valence-electron chi connectivity index (χ4n) is 4.34. The van der Waals surface area contributed by atoms with Gasteiger partial charge in [-0.15, -0.1) is 4.99 Å². The fraction of sp³-hybridized carbons (Fsp3) is 0.407. The van der Waals surface area contributed by atoms with E-state index in [4.69, 9.17) is 21.6 Å². The van der Waals surface area contributed by atoms with E-state index in [0.29, 0.717) is 23.2 Å². The van der Waals surface area contributed by atoms with Crippen LogP contribution in [0, 0.1) is 5.92 Å². The maximum Gasteiger partial charge on any atom is 0.0898 e. The minimum absolute atomic E-state index is 0.142. The van der Waals surface area contributed by atoms with Crippen molar-refractivity contribution in [3.63, 3.8) is 0 Å².